The average Bonchev–Trinajstić information content (AvgIpc) is 2.75. The van der Waals surface area contributed by atoms with Gasteiger partial charge in [0.05, 0.1) is 0 Å². The van der Waals surface area contributed by atoms with Crippen molar-refractivity contribution in [2.45, 2.75) is 26.9 Å². The first-order valence-corrected chi connectivity index (χ1v) is 9.43. The lowest BCUT2D eigenvalue weighted by Crippen LogP contribution is -2.47. The number of ether oxygens (including phenoxy) is 1. The van der Waals surface area contributed by atoms with Gasteiger partial charge in [0.25, 0.3) is 11.8 Å². The standard InChI is InChI=1S/C24H24N2O3/c1-16-9-14-22(15-17(16)2)29-18(3)23(27)25-26-24(28)21-12-10-20(11-13-21)19-7-5-4-6-8-19/h4-15,18H,1-3H3,(H,25,27)(H,26,28). The highest BCUT2D eigenvalue weighted by Gasteiger charge is 2.16. The number of hydrazine groups is 1. The molecule has 3 aromatic rings. The number of hydrogen-bond donors (Lipinski definition) is 2. The Bertz CT molecular complexity index is 998. The molecule has 5 nitrogen and oxygen atoms in total. The van der Waals surface area contributed by atoms with Crippen LogP contribution in [-0.2, 0) is 4.79 Å². The summed E-state index contributed by atoms with van der Waals surface area (Å²) in [5.74, 6) is -0.215. The van der Waals surface area contributed by atoms with Crippen molar-refractivity contribution in [1.82, 2.24) is 10.9 Å². The van der Waals surface area contributed by atoms with Crippen molar-refractivity contribution >= 4 is 11.8 Å². The molecular formula is C24H24N2O3. The lowest BCUT2D eigenvalue weighted by Gasteiger charge is -2.16. The monoisotopic (exact) mass is 388 g/mol. The molecule has 5 heteroatoms. The zero-order valence-corrected chi connectivity index (χ0v) is 16.7. The predicted octanol–water partition coefficient (Wildman–Crippen LogP) is 4.20. The second-order valence-corrected chi connectivity index (χ2v) is 6.89. The molecule has 1 atom stereocenters. The molecule has 29 heavy (non-hydrogen) atoms. The van der Waals surface area contributed by atoms with Crippen LogP contribution in [0.2, 0.25) is 0 Å². The van der Waals surface area contributed by atoms with Crippen LogP contribution in [0.1, 0.15) is 28.4 Å². The second-order valence-electron chi connectivity index (χ2n) is 6.89. The minimum Gasteiger partial charge on any atom is -0.481 e. The van der Waals surface area contributed by atoms with E-state index in [1.807, 2.05) is 74.5 Å². The third-order valence-corrected chi connectivity index (χ3v) is 4.71. The Morgan fingerprint density at radius 2 is 1.45 bits per heavy atom. The Morgan fingerprint density at radius 1 is 0.793 bits per heavy atom. The fourth-order valence-electron chi connectivity index (χ4n) is 2.78. The van der Waals surface area contributed by atoms with Gasteiger partial charge in [-0.1, -0.05) is 48.5 Å². The summed E-state index contributed by atoms with van der Waals surface area (Å²) < 4.78 is 5.65. The van der Waals surface area contributed by atoms with Gasteiger partial charge in [-0.3, -0.25) is 20.4 Å². The van der Waals surface area contributed by atoms with E-state index in [1.165, 1.54) is 0 Å². The van der Waals surface area contributed by atoms with Crippen LogP contribution in [0.15, 0.2) is 72.8 Å². The summed E-state index contributed by atoms with van der Waals surface area (Å²) in [6.45, 7) is 5.62. The van der Waals surface area contributed by atoms with Gasteiger partial charge >= 0.3 is 0 Å². The zero-order chi connectivity index (χ0) is 20.8. The molecule has 3 aromatic carbocycles. The van der Waals surface area contributed by atoms with Crippen molar-refractivity contribution in [3.05, 3.63) is 89.5 Å². The molecule has 0 saturated heterocycles. The predicted molar refractivity (Wildman–Crippen MR) is 113 cm³/mol. The largest absolute Gasteiger partial charge is 0.481 e. The SMILES string of the molecule is Cc1ccc(OC(C)C(=O)NNC(=O)c2ccc(-c3ccccc3)cc2)cc1C. The summed E-state index contributed by atoms with van der Waals surface area (Å²) in [7, 11) is 0. The number of carbonyl (C=O) groups is 2. The van der Waals surface area contributed by atoms with Crippen molar-refractivity contribution in [3.8, 4) is 16.9 Å². The molecule has 0 spiro atoms. The number of hydrogen-bond acceptors (Lipinski definition) is 3. The van der Waals surface area contributed by atoms with Crippen molar-refractivity contribution in [2.75, 3.05) is 0 Å². The summed E-state index contributed by atoms with van der Waals surface area (Å²) in [4.78, 5) is 24.5. The van der Waals surface area contributed by atoms with Gasteiger partial charge in [-0.2, -0.15) is 0 Å². The van der Waals surface area contributed by atoms with Gasteiger partial charge in [-0.25, -0.2) is 0 Å². The van der Waals surface area contributed by atoms with E-state index in [9.17, 15) is 9.59 Å². The number of rotatable bonds is 5. The first-order valence-electron chi connectivity index (χ1n) is 9.43. The Morgan fingerprint density at radius 3 is 2.10 bits per heavy atom. The summed E-state index contributed by atoms with van der Waals surface area (Å²) >= 11 is 0. The van der Waals surface area contributed by atoms with E-state index in [-0.39, 0.29) is 0 Å². The molecule has 0 aromatic heterocycles. The molecule has 0 bridgehead atoms. The number of carbonyl (C=O) groups excluding carboxylic acids is 2. The quantitative estimate of drug-likeness (QED) is 0.644. The molecular weight excluding hydrogens is 364 g/mol. The summed E-state index contributed by atoms with van der Waals surface area (Å²) in [6.07, 6.45) is -0.752. The third-order valence-electron chi connectivity index (χ3n) is 4.71. The summed E-state index contributed by atoms with van der Waals surface area (Å²) in [5.41, 5.74) is 9.62. The van der Waals surface area contributed by atoms with Crippen molar-refractivity contribution < 1.29 is 14.3 Å². The first-order chi connectivity index (χ1) is 13.9. The van der Waals surface area contributed by atoms with Crippen LogP contribution in [-0.4, -0.2) is 17.9 Å². The van der Waals surface area contributed by atoms with Crippen molar-refractivity contribution in [1.29, 1.82) is 0 Å². The number of benzene rings is 3. The van der Waals surface area contributed by atoms with Crippen LogP contribution in [0, 0.1) is 13.8 Å². The van der Waals surface area contributed by atoms with Crippen LogP contribution in [0.4, 0.5) is 0 Å². The summed E-state index contributed by atoms with van der Waals surface area (Å²) in [6, 6.07) is 22.7. The summed E-state index contributed by atoms with van der Waals surface area (Å²) in [5, 5.41) is 0. The van der Waals surface area contributed by atoms with Crippen molar-refractivity contribution in [3.63, 3.8) is 0 Å². The molecule has 0 radical (unpaired) electrons. The van der Waals surface area contributed by atoms with Gasteiger partial charge in [0.2, 0.25) is 0 Å². The maximum Gasteiger partial charge on any atom is 0.279 e. The molecule has 0 aliphatic carbocycles. The highest BCUT2D eigenvalue weighted by atomic mass is 16.5. The molecule has 3 rings (SSSR count). The van der Waals surface area contributed by atoms with Crippen LogP contribution in [0.25, 0.3) is 11.1 Å². The number of nitrogens with one attached hydrogen (secondary N) is 2. The highest BCUT2D eigenvalue weighted by molar-refractivity contribution is 5.96. The maximum atomic E-state index is 12.3. The topological polar surface area (TPSA) is 67.4 Å². The first kappa shape index (κ1) is 20.1. The minimum atomic E-state index is -0.752. The Balaban J connectivity index is 1.54. The lowest BCUT2D eigenvalue weighted by atomic mass is 10.0. The second kappa shape index (κ2) is 9.06. The van der Waals surface area contributed by atoms with E-state index in [1.54, 1.807) is 19.1 Å². The number of aryl methyl sites for hydroxylation is 2. The normalized spacial score (nSPS) is 11.4. The lowest BCUT2D eigenvalue weighted by molar-refractivity contribution is -0.128. The van der Waals surface area contributed by atoms with E-state index in [2.05, 4.69) is 10.9 Å². The van der Waals surface area contributed by atoms with Crippen LogP contribution < -0.4 is 15.6 Å². The molecule has 0 saturated carbocycles. The van der Waals surface area contributed by atoms with E-state index in [0.29, 0.717) is 11.3 Å². The van der Waals surface area contributed by atoms with Gasteiger partial charge in [0, 0.05) is 5.56 Å². The molecule has 2 amide bonds. The van der Waals surface area contributed by atoms with Crippen LogP contribution in [0.5, 0.6) is 5.75 Å². The highest BCUT2D eigenvalue weighted by Crippen LogP contribution is 2.19. The van der Waals surface area contributed by atoms with Gasteiger partial charge in [-0.15, -0.1) is 0 Å². The van der Waals surface area contributed by atoms with Gasteiger partial charge in [-0.05, 0) is 67.3 Å². The van der Waals surface area contributed by atoms with Gasteiger partial charge in [0.1, 0.15) is 5.75 Å². The molecule has 1 unspecified atom stereocenters. The molecule has 2 N–H and O–H groups in total. The van der Waals surface area contributed by atoms with Gasteiger partial charge < -0.3 is 4.74 Å². The van der Waals surface area contributed by atoms with Gasteiger partial charge in [0.15, 0.2) is 6.10 Å². The van der Waals surface area contributed by atoms with E-state index >= 15 is 0 Å². The maximum absolute atomic E-state index is 12.3. The molecule has 0 aliphatic rings. The smallest absolute Gasteiger partial charge is 0.279 e. The Kier molecular flexibility index (Phi) is 6.29. The molecule has 148 valence electrons. The molecule has 0 aliphatic heterocycles. The third kappa shape index (κ3) is 5.23. The fraction of sp³-hybridized carbons (Fsp3) is 0.167. The van der Waals surface area contributed by atoms with E-state index < -0.39 is 17.9 Å². The fourth-order valence-corrected chi connectivity index (χ4v) is 2.78. The average molecular weight is 388 g/mol. The zero-order valence-electron chi connectivity index (χ0n) is 16.7. The minimum absolute atomic E-state index is 0.392. The van der Waals surface area contributed by atoms with Crippen molar-refractivity contribution in [2.24, 2.45) is 0 Å². The van der Waals surface area contributed by atoms with E-state index in [0.717, 1.165) is 22.3 Å². The Hall–Kier alpha value is -3.60. The van der Waals surface area contributed by atoms with Crippen LogP contribution >= 0.6 is 0 Å². The molecule has 0 fully saturated rings. The van der Waals surface area contributed by atoms with Crippen LogP contribution in [0.3, 0.4) is 0 Å². The molecule has 0 heterocycles. The Labute approximate surface area is 170 Å². The number of amides is 2. The van der Waals surface area contributed by atoms with E-state index in [4.69, 9.17) is 4.74 Å².